The SMILES string of the molecule is Cc1cccc(OCc2ccc(Cl)nc2Cl)c1. The Morgan fingerprint density at radius 1 is 1.18 bits per heavy atom. The van der Waals surface area contributed by atoms with Gasteiger partial charge in [0, 0.05) is 5.56 Å². The van der Waals surface area contributed by atoms with Gasteiger partial charge in [-0.1, -0.05) is 35.3 Å². The zero-order valence-corrected chi connectivity index (χ0v) is 10.8. The summed E-state index contributed by atoms with van der Waals surface area (Å²) in [6, 6.07) is 11.4. The predicted octanol–water partition coefficient (Wildman–Crippen LogP) is 4.28. The molecule has 0 aliphatic carbocycles. The molecule has 0 fully saturated rings. The second kappa shape index (κ2) is 5.39. The Labute approximate surface area is 110 Å². The lowest BCUT2D eigenvalue weighted by atomic mass is 10.2. The molecule has 0 saturated heterocycles. The third kappa shape index (κ3) is 3.35. The minimum absolute atomic E-state index is 0.380. The van der Waals surface area contributed by atoms with Gasteiger partial charge in [0.2, 0.25) is 0 Å². The van der Waals surface area contributed by atoms with Gasteiger partial charge in [-0.05, 0) is 36.8 Å². The van der Waals surface area contributed by atoms with Crippen LogP contribution in [0.25, 0.3) is 0 Å². The average molecular weight is 268 g/mol. The lowest BCUT2D eigenvalue weighted by Crippen LogP contribution is -1.97. The van der Waals surface area contributed by atoms with Crippen LogP contribution in [0.3, 0.4) is 0 Å². The number of nitrogens with zero attached hydrogens (tertiary/aromatic N) is 1. The third-order valence-corrected chi connectivity index (χ3v) is 2.81. The maximum absolute atomic E-state index is 5.95. The Balaban J connectivity index is 2.07. The van der Waals surface area contributed by atoms with E-state index in [0.717, 1.165) is 16.9 Å². The molecule has 2 rings (SSSR count). The highest BCUT2D eigenvalue weighted by Crippen LogP contribution is 2.19. The number of pyridine rings is 1. The number of aromatic nitrogens is 1. The highest BCUT2D eigenvalue weighted by atomic mass is 35.5. The molecule has 17 heavy (non-hydrogen) atoms. The number of hydrogen-bond donors (Lipinski definition) is 0. The topological polar surface area (TPSA) is 22.1 Å². The van der Waals surface area contributed by atoms with E-state index < -0.39 is 0 Å². The monoisotopic (exact) mass is 267 g/mol. The Bertz CT molecular complexity index is 529. The van der Waals surface area contributed by atoms with E-state index in [4.69, 9.17) is 27.9 Å². The van der Waals surface area contributed by atoms with Crippen molar-refractivity contribution < 1.29 is 4.74 Å². The third-order valence-electron chi connectivity index (χ3n) is 2.28. The van der Waals surface area contributed by atoms with Crippen LogP contribution in [0.5, 0.6) is 5.75 Å². The normalized spacial score (nSPS) is 10.3. The van der Waals surface area contributed by atoms with Gasteiger partial charge in [0.1, 0.15) is 22.7 Å². The van der Waals surface area contributed by atoms with Gasteiger partial charge < -0.3 is 4.74 Å². The largest absolute Gasteiger partial charge is 0.489 e. The zero-order chi connectivity index (χ0) is 12.3. The van der Waals surface area contributed by atoms with Crippen molar-refractivity contribution in [1.29, 1.82) is 0 Å². The number of ether oxygens (including phenoxy) is 1. The van der Waals surface area contributed by atoms with Crippen molar-refractivity contribution in [3.05, 3.63) is 57.8 Å². The fourth-order valence-electron chi connectivity index (χ4n) is 1.41. The minimum atomic E-state index is 0.380. The molecule has 0 amide bonds. The molecule has 0 unspecified atom stereocenters. The predicted molar refractivity (Wildman–Crippen MR) is 69.8 cm³/mol. The average Bonchev–Trinajstić information content (AvgIpc) is 2.28. The summed E-state index contributed by atoms with van der Waals surface area (Å²) in [6.45, 7) is 2.40. The molecule has 0 spiro atoms. The van der Waals surface area contributed by atoms with Crippen LogP contribution in [-0.4, -0.2) is 4.98 Å². The van der Waals surface area contributed by atoms with E-state index in [0.29, 0.717) is 16.9 Å². The van der Waals surface area contributed by atoms with E-state index in [1.807, 2.05) is 37.3 Å². The van der Waals surface area contributed by atoms with E-state index >= 15 is 0 Å². The molecule has 1 aromatic heterocycles. The summed E-state index contributed by atoms with van der Waals surface area (Å²) in [7, 11) is 0. The summed E-state index contributed by atoms with van der Waals surface area (Å²) in [6.07, 6.45) is 0. The zero-order valence-electron chi connectivity index (χ0n) is 9.28. The fourth-order valence-corrected chi connectivity index (χ4v) is 1.81. The summed E-state index contributed by atoms with van der Waals surface area (Å²) in [5.74, 6) is 0.816. The lowest BCUT2D eigenvalue weighted by Gasteiger charge is -2.08. The van der Waals surface area contributed by atoms with E-state index in [1.54, 1.807) is 6.07 Å². The number of hydrogen-bond acceptors (Lipinski definition) is 2. The van der Waals surface area contributed by atoms with Gasteiger partial charge in [-0.3, -0.25) is 0 Å². The van der Waals surface area contributed by atoms with Crippen molar-refractivity contribution in [3.8, 4) is 5.75 Å². The number of benzene rings is 1. The Morgan fingerprint density at radius 3 is 2.71 bits per heavy atom. The number of aryl methyl sites for hydroxylation is 1. The molecule has 0 aliphatic rings. The van der Waals surface area contributed by atoms with Gasteiger partial charge in [-0.2, -0.15) is 0 Å². The maximum Gasteiger partial charge on any atom is 0.137 e. The Morgan fingerprint density at radius 2 is 2.00 bits per heavy atom. The van der Waals surface area contributed by atoms with Crippen molar-refractivity contribution in [1.82, 2.24) is 4.98 Å². The Kier molecular flexibility index (Phi) is 3.87. The van der Waals surface area contributed by atoms with E-state index in [1.165, 1.54) is 0 Å². The molecule has 1 aromatic carbocycles. The number of rotatable bonds is 3. The molecule has 4 heteroatoms. The smallest absolute Gasteiger partial charge is 0.137 e. The van der Waals surface area contributed by atoms with Gasteiger partial charge in [-0.15, -0.1) is 0 Å². The summed E-state index contributed by atoms with van der Waals surface area (Å²) < 4.78 is 5.63. The first-order valence-electron chi connectivity index (χ1n) is 5.15. The lowest BCUT2D eigenvalue weighted by molar-refractivity contribution is 0.305. The van der Waals surface area contributed by atoms with Gasteiger partial charge >= 0.3 is 0 Å². The van der Waals surface area contributed by atoms with Gasteiger partial charge in [-0.25, -0.2) is 4.98 Å². The van der Waals surface area contributed by atoms with E-state index in [9.17, 15) is 0 Å². The van der Waals surface area contributed by atoms with Crippen molar-refractivity contribution in [2.24, 2.45) is 0 Å². The fraction of sp³-hybridized carbons (Fsp3) is 0.154. The van der Waals surface area contributed by atoms with Crippen molar-refractivity contribution >= 4 is 23.2 Å². The molecule has 88 valence electrons. The molecule has 0 radical (unpaired) electrons. The first kappa shape index (κ1) is 12.2. The molecule has 2 nitrogen and oxygen atoms in total. The quantitative estimate of drug-likeness (QED) is 0.775. The van der Waals surface area contributed by atoms with Crippen molar-refractivity contribution in [2.45, 2.75) is 13.5 Å². The van der Waals surface area contributed by atoms with Gasteiger partial charge in [0.05, 0.1) is 0 Å². The molecule has 2 aromatic rings. The first-order chi connectivity index (χ1) is 8.15. The second-order valence-electron chi connectivity index (χ2n) is 3.69. The summed E-state index contributed by atoms with van der Waals surface area (Å²) in [4.78, 5) is 3.95. The molecular formula is C13H11Cl2NO. The van der Waals surface area contributed by atoms with E-state index in [2.05, 4.69) is 4.98 Å². The van der Waals surface area contributed by atoms with E-state index in [-0.39, 0.29) is 0 Å². The molecule has 0 saturated carbocycles. The first-order valence-corrected chi connectivity index (χ1v) is 5.91. The molecule has 0 aliphatic heterocycles. The highest BCUT2D eigenvalue weighted by molar-refractivity contribution is 6.32. The molecule has 0 N–H and O–H groups in total. The van der Waals surface area contributed by atoms with Crippen LogP contribution in [0, 0.1) is 6.92 Å². The van der Waals surface area contributed by atoms with Crippen LogP contribution in [0.2, 0.25) is 10.3 Å². The molecule has 0 atom stereocenters. The molecular weight excluding hydrogens is 257 g/mol. The standard InChI is InChI=1S/C13H11Cl2NO/c1-9-3-2-4-11(7-9)17-8-10-5-6-12(14)16-13(10)15/h2-7H,8H2,1H3. The van der Waals surface area contributed by atoms with Crippen molar-refractivity contribution in [2.75, 3.05) is 0 Å². The summed E-state index contributed by atoms with van der Waals surface area (Å²) in [5, 5.41) is 0.763. The van der Waals surface area contributed by atoms with Crippen molar-refractivity contribution in [3.63, 3.8) is 0 Å². The highest BCUT2D eigenvalue weighted by Gasteiger charge is 2.03. The van der Waals surface area contributed by atoms with Crippen LogP contribution < -0.4 is 4.74 Å². The number of halogens is 2. The second-order valence-corrected chi connectivity index (χ2v) is 4.43. The van der Waals surface area contributed by atoms with Gasteiger partial charge in [0.25, 0.3) is 0 Å². The maximum atomic E-state index is 5.95. The summed E-state index contributed by atoms with van der Waals surface area (Å²) in [5.41, 5.74) is 1.97. The van der Waals surface area contributed by atoms with Crippen LogP contribution >= 0.6 is 23.2 Å². The van der Waals surface area contributed by atoms with Crippen LogP contribution in [-0.2, 0) is 6.61 Å². The van der Waals surface area contributed by atoms with Crippen LogP contribution in [0.15, 0.2) is 36.4 Å². The summed E-state index contributed by atoms with van der Waals surface area (Å²) >= 11 is 11.7. The molecule has 0 bridgehead atoms. The minimum Gasteiger partial charge on any atom is -0.489 e. The van der Waals surface area contributed by atoms with Gasteiger partial charge in [0.15, 0.2) is 0 Å². The van der Waals surface area contributed by atoms with Crippen LogP contribution in [0.4, 0.5) is 0 Å². The Hall–Kier alpha value is -1.25. The molecule has 1 heterocycles. The van der Waals surface area contributed by atoms with Crippen LogP contribution in [0.1, 0.15) is 11.1 Å².